The molecule has 1 N–H and O–H groups in total. The van der Waals surface area contributed by atoms with E-state index in [0.717, 1.165) is 37.7 Å². The van der Waals surface area contributed by atoms with E-state index in [-0.39, 0.29) is 11.8 Å². The van der Waals surface area contributed by atoms with E-state index in [0.29, 0.717) is 6.54 Å². The number of piperazine rings is 1. The van der Waals surface area contributed by atoms with Crippen molar-refractivity contribution in [3.8, 4) is 6.07 Å². The minimum atomic E-state index is -0.814. The fourth-order valence-corrected chi connectivity index (χ4v) is 3.05. The molecule has 1 aliphatic heterocycles. The van der Waals surface area contributed by atoms with Gasteiger partial charge in [-0.25, -0.2) is 0 Å². The molecule has 1 aromatic rings. The molecule has 0 unspecified atom stereocenters. The standard InChI is InChI=1S/C19H27ClN4O/c1-15(2)19(3,14-21)22-18(25)13-24-9-7-23(8-10-24)12-16-5-4-6-17(20)11-16/h4-6,11,15H,7-10,12-13H2,1-3H3,(H,22,25)/t19-/m1/s1. The van der Waals surface area contributed by atoms with Gasteiger partial charge in [0.05, 0.1) is 12.6 Å². The van der Waals surface area contributed by atoms with Crippen molar-refractivity contribution in [2.45, 2.75) is 32.9 Å². The number of nitrogens with one attached hydrogen (secondary N) is 1. The molecule has 1 atom stereocenters. The van der Waals surface area contributed by atoms with Gasteiger partial charge in [0.25, 0.3) is 0 Å². The second kappa shape index (κ2) is 8.66. The maximum Gasteiger partial charge on any atom is 0.235 e. The minimum Gasteiger partial charge on any atom is -0.337 e. The van der Waals surface area contributed by atoms with Gasteiger partial charge in [-0.3, -0.25) is 14.6 Å². The number of amides is 1. The predicted octanol–water partition coefficient (Wildman–Crippen LogP) is 2.51. The Hall–Kier alpha value is -1.61. The Bertz CT molecular complexity index is 635. The molecule has 5 nitrogen and oxygen atoms in total. The Morgan fingerprint density at radius 1 is 1.32 bits per heavy atom. The van der Waals surface area contributed by atoms with Gasteiger partial charge in [0.1, 0.15) is 5.54 Å². The molecule has 6 heteroatoms. The van der Waals surface area contributed by atoms with E-state index >= 15 is 0 Å². The van der Waals surface area contributed by atoms with E-state index in [2.05, 4.69) is 27.3 Å². The highest BCUT2D eigenvalue weighted by Crippen LogP contribution is 2.16. The smallest absolute Gasteiger partial charge is 0.235 e. The summed E-state index contributed by atoms with van der Waals surface area (Å²) in [7, 11) is 0. The number of nitrogens with zero attached hydrogens (tertiary/aromatic N) is 3. The SMILES string of the molecule is CC(C)[C@@](C)(C#N)NC(=O)CN1CCN(Cc2cccc(Cl)c2)CC1. The van der Waals surface area contributed by atoms with Gasteiger partial charge in [-0.1, -0.05) is 37.6 Å². The molecule has 1 aliphatic rings. The van der Waals surface area contributed by atoms with Gasteiger partial charge in [-0.15, -0.1) is 0 Å². The molecular formula is C19H27ClN4O. The van der Waals surface area contributed by atoms with Crippen molar-refractivity contribution in [2.24, 2.45) is 5.92 Å². The first-order valence-corrected chi connectivity index (χ1v) is 9.11. The molecule has 0 aliphatic carbocycles. The Morgan fingerprint density at radius 2 is 1.96 bits per heavy atom. The fraction of sp³-hybridized carbons (Fsp3) is 0.579. The van der Waals surface area contributed by atoms with Gasteiger partial charge < -0.3 is 5.32 Å². The van der Waals surface area contributed by atoms with Crippen LogP contribution in [0.25, 0.3) is 0 Å². The van der Waals surface area contributed by atoms with Crippen LogP contribution < -0.4 is 5.32 Å². The largest absolute Gasteiger partial charge is 0.337 e. The van der Waals surface area contributed by atoms with Crippen LogP contribution in [0.5, 0.6) is 0 Å². The zero-order valence-electron chi connectivity index (χ0n) is 15.3. The number of benzene rings is 1. The van der Waals surface area contributed by atoms with E-state index in [1.807, 2.05) is 32.0 Å². The van der Waals surface area contributed by atoms with Gasteiger partial charge in [0.15, 0.2) is 0 Å². The molecule has 0 bridgehead atoms. The second-order valence-corrected chi connectivity index (χ2v) is 7.64. The summed E-state index contributed by atoms with van der Waals surface area (Å²) < 4.78 is 0. The zero-order valence-corrected chi connectivity index (χ0v) is 16.0. The molecular weight excluding hydrogens is 336 g/mol. The predicted molar refractivity (Wildman–Crippen MR) is 100 cm³/mol. The quantitative estimate of drug-likeness (QED) is 0.844. The lowest BCUT2D eigenvalue weighted by Crippen LogP contribution is -2.54. The van der Waals surface area contributed by atoms with Crippen LogP contribution in [-0.4, -0.2) is 54.0 Å². The highest BCUT2D eigenvalue weighted by molar-refractivity contribution is 6.30. The Balaban J connectivity index is 1.78. The Labute approximate surface area is 155 Å². The molecule has 0 radical (unpaired) electrons. The van der Waals surface area contributed by atoms with Gasteiger partial charge in [-0.05, 0) is 30.5 Å². The van der Waals surface area contributed by atoms with Crippen molar-refractivity contribution < 1.29 is 4.79 Å². The first-order chi connectivity index (χ1) is 11.8. The molecule has 0 spiro atoms. The Kier molecular flexibility index (Phi) is 6.83. The van der Waals surface area contributed by atoms with E-state index in [4.69, 9.17) is 11.6 Å². The Morgan fingerprint density at radius 3 is 2.52 bits per heavy atom. The monoisotopic (exact) mass is 362 g/mol. The van der Waals surface area contributed by atoms with E-state index in [1.54, 1.807) is 6.92 Å². The maximum absolute atomic E-state index is 12.3. The number of hydrogen-bond acceptors (Lipinski definition) is 4. The summed E-state index contributed by atoms with van der Waals surface area (Å²) in [5.74, 6) is -0.0166. The minimum absolute atomic E-state index is 0.0657. The van der Waals surface area contributed by atoms with Gasteiger partial charge in [0.2, 0.25) is 5.91 Å². The fourth-order valence-electron chi connectivity index (χ4n) is 2.83. The molecule has 1 saturated heterocycles. The maximum atomic E-state index is 12.3. The number of rotatable bonds is 6. The molecule has 1 amide bonds. The topological polar surface area (TPSA) is 59.4 Å². The summed E-state index contributed by atoms with van der Waals surface area (Å²) in [6.07, 6.45) is 0. The number of halogens is 1. The van der Waals surface area contributed by atoms with Crippen LogP contribution in [0.3, 0.4) is 0 Å². The average Bonchev–Trinajstić information content (AvgIpc) is 2.56. The first-order valence-electron chi connectivity index (χ1n) is 8.74. The van der Waals surface area contributed by atoms with E-state index in [1.165, 1.54) is 5.56 Å². The normalized spacial score (nSPS) is 18.6. The molecule has 136 valence electrons. The second-order valence-electron chi connectivity index (χ2n) is 7.20. The number of carbonyl (C=O) groups is 1. The van der Waals surface area contributed by atoms with Crippen LogP contribution in [0.15, 0.2) is 24.3 Å². The van der Waals surface area contributed by atoms with Crippen LogP contribution in [0.1, 0.15) is 26.3 Å². The van der Waals surface area contributed by atoms with Crippen LogP contribution in [0.4, 0.5) is 0 Å². The van der Waals surface area contributed by atoms with Crippen LogP contribution in [0.2, 0.25) is 5.02 Å². The number of nitriles is 1. The van der Waals surface area contributed by atoms with Crippen LogP contribution >= 0.6 is 11.6 Å². The highest BCUT2D eigenvalue weighted by atomic mass is 35.5. The lowest BCUT2D eigenvalue weighted by molar-refractivity contribution is -0.124. The lowest BCUT2D eigenvalue weighted by Gasteiger charge is -2.35. The van der Waals surface area contributed by atoms with Gasteiger partial charge in [-0.2, -0.15) is 5.26 Å². The molecule has 1 fully saturated rings. The average molecular weight is 363 g/mol. The van der Waals surface area contributed by atoms with Crippen LogP contribution in [0, 0.1) is 17.2 Å². The molecule has 0 aromatic heterocycles. The van der Waals surface area contributed by atoms with Crippen molar-refractivity contribution in [1.82, 2.24) is 15.1 Å². The van der Waals surface area contributed by atoms with Gasteiger partial charge in [0, 0.05) is 37.7 Å². The van der Waals surface area contributed by atoms with E-state index in [9.17, 15) is 10.1 Å². The third-order valence-electron chi connectivity index (χ3n) is 4.91. The van der Waals surface area contributed by atoms with Gasteiger partial charge >= 0.3 is 0 Å². The van der Waals surface area contributed by atoms with Crippen LogP contribution in [-0.2, 0) is 11.3 Å². The number of hydrogen-bond donors (Lipinski definition) is 1. The molecule has 2 rings (SSSR count). The summed E-state index contributed by atoms with van der Waals surface area (Å²) in [5, 5.41) is 13.0. The van der Waals surface area contributed by atoms with Crippen molar-refractivity contribution in [3.05, 3.63) is 34.9 Å². The highest BCUT2D eigenvalue weighted by Gasteiger charge is 2.30. The third kappa shape index (κ3) is 5.71. The number of carbonyl (C=O) groups excluding carboxylic acids is 1. The van der Waals surface area contributed by atoms with Crippen molar-refractivity contribution >= 4 is 17.5 Å². The molecule has 1 aromatic carbocycles. The third-order valence-corrected chi connectivity index (χ3v) is 5.15. The zero-order chi connectivity index (χ0) is 18.4. The lowest BCUT2D eigenvalue weighted by atomic mass is 9.90. The van der Waals surface area contributed by atoms with E-state index < -0.39 is 5.54 Å². The molecule has 0 saturated carbocycles. The summed E-state index contributed by atoms with van der Waals surface area (Å²) in [6, 6.07) is 10.1. The summed E-state index contributed by atoms with van der Waals surface area (Å²) >= 11 is 6.04. The summed E-state index contributed by atoms with van der Waals surface area (Å²) in [5.41, 5.74) is 0.395. The molecule has 25 heavy (non-hydrogen) atoms. The summed E-state index contributed by atoms with van der Waals surface area (Å²) in [6.45, 7) is 10.4. The molecule has 1 heterocycles. The first kappa shape index (κ1) is 19.7. The van der Waals surface area contributed by atoms with Crippen molar-refractivity contribution in [2.75, 3.05) is 32.7 Å². The van der Waals surface area contributed by atoms with Crippen molar-refractivity contribution in [1.29, 1.82) is 5.26 Å². The summed E-state index contributed by atoms with van der Waals surface area (Å²) in [4.78, 5) is 16.8. The van der Waals surface area contributed by atoms with Crippen molar-refractivity contribution in [3.63, 3.8) is 0 Å².